The number of aliphatic hydroxyl groups excluding tert-OH is 1. The van der Waals surface area contributed by atoms with Crippen LogP contribution in [0, 0.1) is 0 Å². The summed E-state index contributed by atoms with van der Waals surface area (Å²) in [6, 6.07) is 3.67. The molecule has 0 saturated heterocycles. The molecule has 0 unspecified atom stereocenters. The smallest absolute Gasteiger partial charge is 0.259 e. The lowest BCUT2D eigenvalue weighted by Crippen LogP contribution is -2.46. The Labute approximate surface area is 138 Å². The van der Waals surface area contributed by atoms with Gasteiger partial charge in [-0.05, 0) is 26.0 Å². The molecule has 124 valence electrons. The van der Waals surface area contributed by atoms with Crippen LogP contribution >= 0.6 is 0 Å². The summed E-state index contributed by atoms with van der Waals surface area (Å²) in [5.41, 5.74) is 1.48. The van der Waals surface area contributed by atoms with E-state index >= 15 is 0 Å². The monoisotopic (exact) mass is 327 g/mol. The number of aryl methyl sites for hydroxylation is 1. The van der Waals surface area contributed by atoms with Crippen LogP contribution in [-0.2, 0) is 13.5 Å². The van der Waals surface area contributed by atoms with Crippen molar-refractivity contribution in [2.45, 2.75) is 32.0 Å². The molecule has 4 rings (SSSR count). The van der Waals surface area contributed by atoms with Gasteiger partial charge in [0.1, 0.15) is 11.3 Å². The van der Waals surface area contributed by atoms with Crippen LogP contribution in [0.1, 0.15) is 19.4 Å². The molecule has 3 aromatic rings. The van der Waals surface area contributed by atoms with Gasteiger partial charge < -0.3 is 14.4 Å². The van der Waals surface area contributed by atoms with Gasteiger partial charge >= 0.3 is 0 Å². The van der Waals surface area contributed by atoms with E-state index in [1.807, 2.05) is 39.2 Å². The van der Waals surface area contributed by atoms with Gasteiger partial charge in [0.05, 0.1) is 11.7 Å². The summed E-state index contributed by atoms with van der Waals surface area (Å²) in [6.07, 6.45) is 3.30. The Morgan fingerprint density at radius 1 is 1.38 bits per heavy atom. The van der Waals surface area contributed by atoms with Gasteiger partial charge in [-0.2, -0.15) is 10.1 Å². The molecular weight excluding hydrogens is 310 g/mol. The SMILES string of the molecule is Cn1ccc(-c2noc(-c3cnc4c(c3)C[C@@H](O)C(C)(C)O4)n2)n1. The Morgan fingerprint density at radius 2 is 2.21 bits per heavy atom. The van der Waals surface area contributed by atoms with Crippen molar-refractivity contribution >= 4 is 0 Å². The lowest BCUT2D eigenvalue weighted by molar-refractivity contribution is -0.0442. The molecule has 1 aliphatic rings. The summed E-state index contributed by atoms with van der Waals surface area (Å²) in [6.45, 7) is 3.68. The summed E-state index contributed by atoms with van der Waals surface area (Å²) in [4.78, 5) is 8.69. The average molecular weight is 327 g/mol. The van der Waals surface area contributed by atoms with Gasteiger partial charge in [-0.1, -0.05) is 5.16 Å². The molecule has 0 bridgehead atoms. The standard InChI is InChI=1S/C16H17N5O3/c1-16(2)12(22)7-9-6-10(8-17-14(9)23-16)15-18-13(20-24-15)11-4-5-21(3)19-11/h4-6,8,12,22H,7H2,1-3H3/t12-/m1/s1. The van der Waals surface area contributed by atoms with Gasteiger partial charge in [0.15, 0.2) is 0 Å². The van der Waals surface area contributed by atoms with Crippen molar-refractivity contribution in [2.24, 2.45) is 7.05 Å². The molecule has 1 aliphatic heterocycles. The maximum Gasteiger partial charge on any atom is 0.259 e. The molecule has 8 heteroatoms. The third-order valence-electron chi connectivity index (χ3n) is 4.12. The second kappa shape index (κ2) is 5.13. The molecule has 0 spiro atoms. The van der Waals surface area contributed by atoms with Crippen molar-refractivity contribution < 1.29 is 14.4 Å². The molecule has 0 saturated carbocycles. The summed E-state index contributed by atoms with van der Waals surface area (Å²) in [5.74, 6) is 1.30. The van der Waals surface area contributed by atoms with Crippen molar-refractivity contribution in [3.63, 3.8) is 0 Å². The number of ether oxygens (including phenoxy) is 1. The molecule has 3 aromatic heterocycles. The highest BCUT2D eigenvalue weighted by atomic mass is 16.5. The molecular formula is C16H17N5O3. The van der Waals surface area contributed by atoms with Gasteiger partial charge in [0.2, 0.25) is 11.7 Å². The zero-order valence-electron chi connectivity index (χ0n) is 13.6. The minimum Gasteiger partial charge on any atom is -0.469 e. The van der Waals surface area contributed by atoms with Crippen LogP contribution in [0.25, 0.3) is 23.0 Å². The third-order valence-corrected chi connectivity index (χ3v) is 4.12. The number of pyridine rings is 1. The average Bonchev–Trinajstić information content (AvgIpc) is 3.16. The van der Waals surface area contributed by atoms with E-state index < -0.39 is 11.7 Å². The molecule has 0 amide bonds. The van der Waals surface area contributed by atoms with Gasteiger partial charge in [-0.3, -0.25) is 4.68 Å². The molecule has 0 aliphatic carbocycles. The summed E-state index contributed by atoms with van der Waals surface area (Å²) < 4.78 is 12.8. The minimum atomic E-state index is -0.655. The van der Waals surface area contributed by atoms with E-state index in [0.29, 0.717) is 35.3 Å². The largest absolute Gasteiger partial charge is 0.469 e. The number of hydrogen-bond acceptors (Lipinski definition) is 7. The van der Waals surface area contributed by atoms with Crippen LogP contribution in [0.4, 0.5) is 0 Å². The first-order valence-electron chi connectivity index (χ1n) is 7.62. The molecule has 4 heterocycles. The number of nitrogens with zero attached hydrogens (tertiary/aromatic N) is 5. The van der Waals surface area contributed by atoms with Crippen molar-refractivity contribution in [3.05, 3.63) is 30.1 Å². The third kappa shape index (κ3) is 2.44. The van der Waals surface area contributed by atoms with Crippen LogP contribution in [0.15, 0.2) is 29.0 Å². The Balaban J connectivity index is 1.67. The van der Waals surface area contributed by atoms with E-state index in [1.54, 1.807) is 10.9 Å². The Kier molecular flexibility index (Phi) is 3.17. The highest BCUT2D eigenvalue weighted by molar-refractivity contribution is 5.58. The van der Waals surface area contributed by atoms with Crippen molar-refractivity contribution in [2.75, 3.05) is 0 Å². The molecule has 0 fully saturated rings. The summed E-state index contributed by atoms with van der Waals surface area (Å²) in [7, 11) is 1.82. The second-order valence-electron chi connectivity index (χ2n) is 6.41. The first-order valence-corrected chi connectivity index (χ1v) is 7.62. The van der Waals surface area contributed by atoms with Crippen molar-refractivity contribution in [1.29, 1.82) is 0 Å². The van der Waals surface area contributed by atoms with E-state index in [-0.39, 0.29) is 0 Å². The first-order chi connectivity index (χ1) is 11.4. The highest BCUT2D eigenvalue weighted by Crippen LogP contribution is 2.34. The molecule has 1 atom stereocenters. The van der Waals surface area contributed by atoms with E-state index in [1.165, 1.54) is 0 Å². The Hall–Kier alpha value is -2.74. The van der Waals surface area contributed by atoms with Crippen molar-refractivity contribution in [1.82, 2.24) is 24.9 Å². The summed E-state index contributed by atoms with van der Waals surface area (Å²) >= 11 is 0. The molecule has 0 aromatic carbocycles. The predicted molar refractivity (Wildman–Crippen MR) is 84.1 cm³/mol. The molecule has 8 nitrogen and oxygen atoms in total. The fraction of sp³-hybridized carbons (Fsp3) is 0.375. The minimum absolute atomic E-state index is 0.352. The van der Waals surface area contributed by atoms with Crippen molar-refractivity contribution in [3.8, 4) is 28.9 Å². The number of fused-ring (bicyclic) bond motifs is 1. The molecule has 0 radical (unpaired) electrons. The normalized spacial score (nSPS) is 18.9. The first kappa shape index (κ1) is 14.8. The van der Waals surface area contributed by atoms with Gasteiger partial charge in [0, 0.05) is 31.4 Å². The van der Waals surface area contributed by atoms with Gasteiger partial charge in [0.25, 0.3) is 5.89 Å². The van der Waals surface area contributed by atoms with Gasteiger partial charge in [-0.15, -0.1) is 0 Å². The number of aliphatic hydroxyl groups is 1. The van der Waals surface area contributed by atoms with Crippen LogP contribution in [0.5, 0.6) is 5.88 Å². The number of hydrogen-bond donors (Lipinski definition) is 1. The Morgan fingerprint density at radius 3 is 2.96 bits per heavy atom. The number of rotatable bonds is 2. The lowest BCUT2D eigenvalue weighted by Gasteiger charge is -2.36. The van der Waals surface area contributed by atoms with Crippen LogP contribution < -0.4 is 4.74 Å². The van der Waals surface area contributed by atoms with E-state index in [4.69, 9.17) is 9.26 Å². The fourth-order valence-corrected chi connectivity index (χ4v) is 2.60. The zero-order chi connectivity index (χ0) is 16.9. The lowest BCUT2D eigenvalue weighted by atomic mass is 9.92. The molecule has 24 heavy (non-hydrogen) atoms. The highest BCUT2D eigenvalue weighted by Gasteiger charge is 2.36. The quantitative estimate of drug-likeness (QED) is 0.763. The van der Waals surface area contributed by atoms with Crippen LogP contribution in [-0.4, -0.2) is 41.7 Å². The number of aromatic nitrogens is 5. The van der Waals surface area contributed by atoms with Crippen LogP contribution in [0.2, 0.25) is 0 Å². The van der Waals surface area contributed by atoms with E-state index in [2.05, 4.69) is 20.2 Å². The summed E-state index contributed by atoms with van der Waals surface area (Å²) in [5, 5.41) is 18.4. The van der Waals surface area contributed by atoms with Gasteiger partial charge in [-0.25, -0.2) is 4.98 Å². The second-order valence-corrected chi connectivity index (χ2v) is 6.41. The zero-order valence-corrected chi connectivity index (χ0v) is 13.6. The fourth-order valence-electron chi connectivity index (χ4n) is 2.60. The maximum atomic E-state index is 10.2. The maximum absolute atomic E-state index is 10.2. The van der Waals surface area contributed by atoms with Crippen LogP contribution in [0.3, 0.4) is 0 Å². The van der Waals surface area contributed by atoms with E-state index in [0.717, 1.165) is 5.56 Å². The predicted octanol–water partition coefficient (Wildman–Crippen LogP) is 1.61. The van der Waals surface area contributed by atoms with E-state index in [9.17, 15) is 5.11 Å². The topological polar surface area (TPSA) is 99.1 Å². The Bertz CT molecular complexity index is 899. The molecule has 1 N–H and O–H groups in total.